The molecule has 1 aromatic carbocycles. The third kappa shape index (κ3) is 5.21. The number of nitro benzene ring substituents is 1. The predicted molar refractivity (Wildman–Crippen MR) is 77.3 cm³/mol. The van der Waals surface area contributed by atoms with Gasteiger partial charge < -0.3 is 10.4 Å². The number of carboxylic acid groups (broad SMARTS) is 1. The number of unbranched alkanes of at least 4 members (excludes halogenated alkanes) is 1. The summed E-state index contributed by atoms with van der Waals surface area (Å²) in [6, 6.07) is 3.00. The highest BCUT2D eigenvalue weighted by atomic mass is 16.6. The lowest BCUT2D eigenvalue weighted by Crippen LogP contribution is -2.12. The van der Waals surface area contributed by atoms with Crippen LogP contribution in [0.5, 0.6) is 0 Å². The van der Waals surface area contributed by atoms with Gasteiger partial charge in [0.05, 0.1) is 10.6 Å². The zero-order chi connectivity index (χ0) is 16.0. The number of rotatable bonds is 7. The van der Waals surface area contributed by atoms with Crippen LogP contribution in [0, 0.1) is 24.0 Å². The van der Waals surface area contributed by atoms with Gasteiger partial charge in [-0.3, -0.25) is 19.7 Å². The Balaban J connectivity index is 2.65. The van der Waals surface area contributed by atoms with Gasteiger partial charge in [-0.2, -0.15) is 0 Å². The summed E-state index contributed by atoms with van der Waals surface area (Å²) in [5.74, 6) is -1.16. The Hall–Kier alpha value is -2.44. The Morgan fingerprint density at radius 1 is 1.19 bits per heavy atom. The lowest BCUT2D eigenvalue weighted by molar-refractivity contribution is -0.385. The molecule has 0 saturated heterocycles. The predicted octanol–water partition coefficient (Wildman–Crippen LogP) is 2.80. The molecule has 0 aliphatic carbocycles. The largest absolute Gasteiger partial charge is 0.481 e. The van der Waals surface area contributed by atoms with E-state index in [-0.39, 0.29) is 24.4 Å². The number of nitro groups is 1. The minimum absolute atomic E-state index is 0.0301. The van der Waals surface area contributed by atoms with Gasteiger partial charge in [-0.05, 0) is 38.3 Å². The second-order valence-electron chi connectivity index (χ2n) is 4.86. The minimum atomic E-state index is -0.889. The van der Waals surface area contributed by atoms with Gasteiger partial charge in [0, 0.05) is 24.5 Å². The highest BCUT2D eigenvalue weighted by Crippen LogP contribution is 2.26. The standard InChI is InChI=1S/C14H18N2O5/c1-9-7-10(2)12(16(20)21)8-11(9)15-13(17)5-3-4-6-14(18)19/h7-8H,3-6H2,1-2H3,(H,15,17)(H,18,19). The van der Waals surface area contributed by atoms with E-state index in [0.29, 0.717) is 24.1 Å². The average Bonchev–Trinajstić information content (AvgIpc) is 2.37. The number of hydrogen-bond donors (Lipinski definition) is 2. The summed E-state index contributed by atoms with van der Waals surface area (Å²) < 4.78 is 0. The van der Waals surface area contributed by atoms with Crippen molar-refractivity contribution in [2.24, 2.45) is 0 Å². The number of amides is 1. The Morgan fingerprint density at radius 3 is 2.38 bits per heavy atom. The van der Waals surface area contributed by atoms with Crippen LogP contribution in [0.25, 0.3) is 0 Å². The second kappa shape index (κ2) is 7.37. The van der Waals surface area contributed by atoms with Crippen molar-refractivity contribution >= 4 is 23.3 Å². The number of nitrogens with one attached hydrogen (secondary N) is 1. The van der Waals surface area contributed by atoms with Gasteiger partial charge in [-0.25, -0.2) is 0 Å². The SMILES string of the molecule is Cc1cc(C)c([N+](=O)[O-])cc1NC(=O)CCCCC(=O)O. The van der Waals surface area contributed by atoms with E-state index >= 15 is 0 Å². The van der Waals surface area contributed by atoms with Crippen LogP contribution in [0.4, 0.5) is 11.4 Å². The van der Waals surface area contributed by atoms with Gasteiger partial charge >= 0.3 is 5.97 Å². The molecule has 1 rings (SSSR count). The molecule has 1 amide bonds. The van der Waals surface area contributed by atoms with E-state index in [1.54, 1.807) is 19.9 Å². The molecule has 0 aliphatic heterocycles. The molecule has 7 heteroatoms. The molecule has 0 unspecified atom stereocenters. The number of anilines is 1. The lowest BCUT2D eigenvalue weighted by atomic mass is 10.1. The molecule has 0 aromatic heterocycles. The highest BCUT2D eigenvalue weighted by molar-refractivity contribution is 5.92. The number of carbonyl (C=O) groups is 2. The fourth-order valence-electron chi connectivity index (χ4n) is 1.95. The number of benzene rings is 1. The normalized spacial score (nSPS) is 10.2. The molecule has 0 heterocycles. The van der Waals surface area contributed by atoms with E-state index in [4.69, 9.17) is 5.11 Å². The highest BCUT2D eigenvalue weighted by Gasteiger charge is 2.15. The van der Waals surface area contributed by atoms with Crippen LogP contribution in [0.1, 0.15) is 36.8 Å². The summed E-state index contributed by atoms with van der Waals surface area (Å²) in [6.07, 6.45) is 1.11. The van der Waals surface area contributed by atoms with E-state index in [1.807, 2.05) is 0 Å². The van der Waals surface area contributed by atoms with Crippen molar-refractivity contribution in [1.82, 2.24) is 0 Å². The zero-order valence-electron chi connectivity index (χ0n) is 12.0. The minimum Gasteiger partial charge on any atom is -0.481 e. The van der Waals surface area contributed by atoms with Crippen molar-refractivity contribution in [2.75, 3.05) is 5.32 Å². The van der Waals surface area contributed by atoms with E-state index < -0.39 is 10.9 Å². The number of nitrogens with zero attached hydrogens (tertiary/aromatic N) is 1. The maximum atomic E-state index is 11.7. The number of aliphatic carboxylic acids is 1. The summed E-state index contributed by atoms with van der Waals surface area (Å²) in [5.41, 5.74) is 1.66. The summed E-state index contributed by atoms with van der Waals surface area (Å²) in [4.78, 5) is 32.5. The van der Waals surface area contributed by atoms with Crippen LogP contribution in [0.15, 0.2) is 12.1 Å². The van der Waals surface area contributed by atoms with E-state index in [9.17, 15) is 19.7 Å². The first-order chi connectivity index (χ1) is 9.81. The third-order valence-electron chi connectivity index (χ3n) is 3.06. The van der Waals surface area contributed by atoms with E-state index in [2.05, 4.69) is 5.32 Å². The van der Waals surface area contributed by atoms with Crippen molar-refractivity contribution in [3.8, 4) is 0 Å². The van der Waals surface area contributed by atoms with Crippen molar-refractivity contribution in [3.05, 3.63) is 33.4 Å². The van der Waals surface area contributed by atoms with Crippen LogP contribution in [0.3, 0.4) is 0 Å². The zero-order valence-corrected chi connectivity index (χ0v) is 12.0. The Kier molecular flexibility index (Phi) is 5.83. The number of aryl methyl sites for hydroxylation is 2. The summed E-state index contributed by atoms with van der Waals surface area (Å²) >= 11 is 0. The van der Waals surface area contributed by atoms with Gasteiger partial charge in [-0.15, -0.1) is 0 Å². The first-order valence-electron chi connectivity index (χ1n) is 6.58. The van der Waals surface area contributed by atoms with Crippen LogP contribution in [0.2, 0.25) is 0 Å². The molecule has 1 aromatic rings. The average molecular weight is 294 g/mol. The smallest absolute Gasteiger partial charge is 0.303 e. The van der Waals surface area contributed by atoms with Gasteiger partial charge in [0.25, 0.3) is 5.69 Å². The van der Waals surface area contributed by atoms with Gasteiger partial charge in [0.2, 0.25) is 5.91 Å². The molecule has 7 nitrogen and oxygen atoms in total. The van der Waals surface area contributed by atoms with Gasteiger partial charge in [-0.1, -0.05) is 0 Å². The molecule has 0 bridgehead atoms. The third-order valence-corrected chi connectivity index (χ3v) is 3.06. The fourth-order valence-corrected chi connectivity index (χ4v) is 1.95. The van der Waals surface area contributed by atoms with Crippen molar-refractivity contribution in [3.63, 3.8) is 0 Å². The molecule has 0 aliphatic rings. The monoisotopic (exact) mass is 294 g/mol. The summed E-state index contributed by atoms with van der Waals surface area (Å²) in [6.45, 7) is 3.40. The lowest BCUT2D eigenvalue weighted by Gasteiger charge is -2.09. The molecular formula is C14H18N2O5. The number of carbonyl (C=O) groups excluding carboxylic acids is 1. The molecule has 0 spiro atoms. The summed E-state index contributed by atoms with van der Waals surface area (Å²) in [7, 11) is 0. The maximum absolute atomic E-state index is 11.7. The quantitative estimate of drug-likeness (QED) is 0.456. The Morgan fingerprint density at radius 2 is 1.81 bits per heavy atom. The van der Waals surface area contributed by atoms with Crippen molar-refractivity contribution in [1.29, 1.82) is 0 Å². The molecule has 0 saturated carbocycles. The van der Waals surface area contributed by atoms with Crippen LogP contribution < -0.4 is 5.32 Å². The maximum Gasteiger partial charge on any atom is 0.303 e. The first kappa shape index (κ1) is 16.6. The molecule has 2 N–H and O–H groups in total. The Bertz CT molecular complexity index is 569. The van der Waals surface area contributed by atoms with E-state index in [1.165, 1.54) is 6.07 Å². The van der Waals surface area contributed by atoms with Crippen molar-refractivity contribution < 1.29 is 19.6 Å². The molecule has 114 valence electrons. The molecule has 0 fully saturated rings. The van der Waals surface area contributed by atoms with Crippen molar-refractivity contribution in [2.45, 2.75) is 39.5 Å². The molecule has 21 heavy (non-hydrogen) atoms. The van der Waals surface area contributed by atoms with E-state index in [0.717, 1.165) is 5.56 Å². The molecule has 0 atom stereocenters. The summed E-state index contributed by atoms with van der Waals surface area (Å²) in [5, 5.41) is 22.0. The van der Waals surface area contributed by atoms with Gasteiger partial charge in [0.15, 0.2) is 0 Å². The van der Waals surface area contributed by atoms with Crippen LogP contribution >= 0.6 is 0 Å². The Labute approximate surface area is 122 Å². The fraction of sp³-hybridized carbons (Fsp3) is 0.429. The number of carboxylic acids is 1. The first-order valence-corrected chi connectivity index (χ1v) is 6.58. The molecule has 0 radical (unpaired) electrons. The topological polar surface area (TPSA) is 110 Å². The number of hydrogen-bond acceptors (Lipinski definition) is 4. The second-order valence-corrected chi connectivity index (χ2v) is 4.86. The van der Waals surface area contributed by atoms with Crippen LogP contribution in [-0.4, -0.2) is 21.9 Å². The van der Waals surface area contributed by atoms with Gasteiger partial charge in [0.1, 0.15) is 0 Å². The molecular weight excluding hydrogens is 276 g/mol. The van der Waals surface area contributed by atoms with Crippen LogP contribution in [-0.2, 0) is 9.59 Å².